The van der Waals surface area contributed by atoms with Gasteiger partial charge in [-0.25, -0.2) is 0 Å². The van der Waals surface area contributed by atoms with Crippen LogP contribution in [0.2, 0.25) is 0 Å². The first kappa shape index (κ1) is 21.3. The molecule has 0 atom stereocenters. The number of carbonyl (C=O) groups excluding carboxylic acids is 2. The molecule has 1 aliphatic heterocycles. The topological polar surface area (TPSA) is 110 Å². The third-order valence-corrected chi connectivity index (χ3v) is 4.91. The minimum Gasteiger partial charge on any atom is -0.504 e. The minimum absolute atomic E-state index is 0.0361. The molecule has 10 heteroatoms. The number of likely N-dealkylation sites (tertiary alicyclic amines) is 1. The molecular weight excluding hydrogens is 405 g/mol. The van der Waals surface area contributed by atoms with Crippen molar-refractivity contribution in [2.75, 3.05) is 13.1 Å². The van der Waals surface area contributed by atoms with Crippen LogP contribution in [0.25, 0.3) is 0 Å². The number of carbonyl (C=O) groups is 2. The summed E-state index contributed by atoms with van der Waals surface area (Å²) >= 11 is 0. The lowest BCUT2D eigenvalue weighted by molar-refractivity contribution is -0.137. The number of nitrogens with zero attached hydrogens (tertiary/aromatic N) is 1. The predicted octanol–water partition coefficient (Wildman–Crippen LogP) is 2.86. The van der Waals surface area contributed by atoms with Crippen LogP contribution in [-0.4, -0.2) is 51.2 Å². The van der Waals surface area contributed by atoms with Crippen molar-refractivity contribution in [2.45, 2.75) is 25.1 Å². The minimum atomic E-state index is -4.47. The second kappa shape index (κ2) is 8.13. The van der Waals surface area contributed by atoms with E-state index in [0.29, 0.717) is 25.9 Å². The molecule has 160 valence electrons. The summed E-state index contributed by atoms with van der Waals surface area (Å²) in [5.74, 6) is -2.93. The van der Waals surface area contributed by atoms with Crippen molar-refractivity contribution in [1.82, 2.24) is 10.2 Å². The Bertz CT molecular complexity index is 929. The van der Waals surface area contributed by atoms with Gasteiger partial charge in [0.25, 0.3) is 11.8 Å². The number of nitrogens with one attached hydrogen (secondary N) is 1. The molecular formula is C20H19F3N2O5. The molecule has 1 aliphatic rings. The number of amides is 2. The SMILES string of the molecule is O=C(NC1CCN(C(=O)c2ccc(C(F)(F)F)cc2)CC1)c1cc(O)c(O)c(O)c1. The zero-order valence-electron chi connectivity index (χ0n) is 15.6. The monoisotopic (exact) mass is 424 g/mol. The highest BCUT2D eigenvalue weighted by Crippen LogP contribution is 2.35. The summed E-state index contributed by atoms with van der Waals surface area (Å²) in [4.78, 5) is 26.3. The molecule has 4 N–H and O–H groups in total. The van der Waals surface area contributed by atoms with Crippen LogP contribution in [0.4, 0.5) is 13.2 Å². The summed E-state index contributed by atoms with van der Waals surface area (Å²) in [6.45, 7) is 0.605. The Kier molecular flexibility index (Phi) is 5.77. The number of benzene rings is 2. The summed E-state index contributed by atoms with van der Waals surface area (Å²) in [6, 6.07) is 5.78. The molecule has 0 saturated carbocycles. The number of piperidine rings is 1. The van der Waals surface area contributed by atoms with Gasteiger partial charge < -0.3 is 25.5 Å². The molecule has 1 heterocycles. The fraction of sp³-hybridized carbons (Fsp3) is 0.300. The number of hydrogen-bond acceptors (Lipinski definition) is 5. The zero-order valence-corrected chi connectivity index (χ0v) is 15.6. The van der Waals surface area contributed by atoms with Crippen LogP contribution >= 0.6 is 0 Å². The van der Waals surface area contributed by atoms with Gasteiger partial charge in [-0.15, -0.1) is 0 Å². The second-order valence-electron chi connectivity index (χ2n) is 6.98. The number of aromatic hydroxyl groups is 3. The Morgan fingerprint density at radius 2 is 1.47 bits per heavy atom. The molecule has 0 aliphatic carbocycles. The highest BCUT2D eigenvalue weighted by molar-refractivity contribution is 5.96. The lowest BCUT2D eigenvalue weighted by Gasteiger charge is -2.32. The number of phenolic OH excluding ortho intramolecular Hbond substituents is 3. The van der Waals surface area contributed by atoms with Crippen LogP contribution in [0.5, 0.6) is 17.2 Å². The maximum Gasteiger partial charge on any atom is 0.416 e. The van der Waals surface area contributed by atoms with Crippen molar-refractivity contribution in [3.05, 3.63) is 53.1 Å². The Balaban J connectivity index is 1.57. The second-order valence-corrected chi connectivity index (χ2v) is 6.98. The van der Waals surface area contributed by atoms with Crippen molar-refractivity contribution < 1.29 is 38.1 Å². The standard InChI is InChI=1S/C20H19F3N2O5/c21-20(22,23)13-3-1-11(2-4-13)19(30)25-7-5-14(6-8-25)24-18(29)12-9-15(26)17(28)16(27)10-12/h1-4,9-10,14,26-28H,5-8H2,(H,24,29). The average Bonchev–Trinajstić information content (AvgIpc) is 2.71. The van der Waals surface area contributed by atoms with Gasteiger partial charge in [-0.2, -0.15) is 13.2 Å². The largest absolute Gasteiger partial charge is 0.504 e. The van der Waals surface area contributed by atoms with E-state index in [2.05, 4.69) is 5.32 Å². The summed E-state index contributed by atoms with van der Waals surface area (Å²) in [5.41, 5.74) is -0.710. The lowest BCUT2D eigenvalue weighted by atomic mass is 10.0. The van der Waals surface area contributed by atoms with Gasteiger partial charge in [-0.1, -0.05) is 0 Å². The lowest BCUT2D eigenvalue weighted by Crippen LogP contribution is -2.46. The maximum atomic E-state index is 12.6. The average molecular weight is 424 g/mol. The highest BCUT2D eigenvalue weighted by atomic mass is 19.4. The number of phenols is 3. The molecule has 1 saturated heterocycles. The Morgan fingerprint density at radius 3 is 1.97 bits per heavy atom. The van der Waals surface area contributed by atoms with E-state index >= 15 is 0 Å². The third-order valence-electron chi connectivity index (χ3n) is 4.91. The predicted molar refractivity (Wildman–Crippen MR) is 99.3 cm³/mol. The first-order chi connectivity index (χ1) is 14.1. The van der Waals surface area contributed by atoms with Gasteiger partial charge in [0.05, 0.1) is 5.56 Å². The molecule has 3 rings (SSSR count). The van der Waals surface area contributed by atoms with Crippen molar-refractivity contribution >= 4 is 11.8 Å². The van der Waals surface area contributed by atoms with E-state index in [4.69, 9.17) is 0 Å². The van der Waals surface area contributed by atoms with Crippen molar-refractivity contribution in [3.63, 3.8) is 0 Å². The Labute approximate surface area is 169 Å². The Morgan fingerprint density at radius 1 is 0.933 bits per heavy atom. The van der Waals surface area contributed by atoms with Crippen LogP contribution in [0.3, 0.4) is 0 Å². The van der Waals surface area contributed by atoms with Crippen LogP contribution < -0.4 is 5.32 Å². The van der Waals surface area contributed by atoms with E-state index in [1.54, 1.807) is 0 Å². The molecule has 2 aromatic carbocycles. The molecule has 0 radical (unpaired) electrons. The molecule has 0 spiro atoms. The van der Waals surface area contributed by atoms with E-state index < -0.39 is 34.9 Å². The fourth-order valence-corrected chi connectivity index (χ4v) is 3.22. The summed E-state index contributed by atoms with van der Waals surface area (Å²) in [6.07, 6.45) is -3.62. The van der Waals surface area contributed by atoms with Gasteiger partial charge in [0.2, 0.25) is 0 Å². The number of rotatable bonds is 3. The summed E-state index contributed by atoms with van der Waals surface area (Å²) < 4.78 is 37.9. The molecule has 0 bridgehead atoms. The van der Waals surface area contributed by atoms with E-state index in [1.165, 1.54) is 4.90 Å². The third kappa shape index (κ3) is 4.58. The highest BCUT2D eigenvalue weighted by Gasteiger charge is 2.31. The molecule has 0 unspecified atom stereocenters. The number of alkyl halides is 3. The molecule has 30 heavy (non-hydrogen) atoms. The summed E-state index contributed by atoms with van der Waals surface area (Å²) in [7, 11) is 0. The smallest absolute Gasteiger partial charge is 0.416 e. The molecule has 0 aromatic heterocycles. The Hall–Kier alpha value is -3.43. The van der Waals surface area contributed by atoms with Crippen LogP contribution in [-0.2, 0) is 6.18 Å². The van der Waals surface area contributed by atoms with E-state index in [9.17, 15) is 38.1 Å². The maximum absolute atomic E-state index is 12.6. The van der Waals surface area contributed by atoms with E-state index in [0.717, 1.165) is 36.4 Å². The van der Waals surface area contributed by atoms with E-state index in [1.807, 2.05) is 0 Å². The molecule has 1 fully saturated rings. The quantitative estimate of drug-likeness (QED) is 0.567. The number of halogens is 3. The summed E-state index contributed by atoms with van der Waals surface area (Å²) in [5, 5.41) is 31.1. The van der Waals surface area contributed by atoms with Crippen LogP contribution in [0.15, 0.2) is 36.4 Å². The van der Waals surface area contributed by atoms with Gasteiger partial charge >= 0.3 is 6.18 Å². The van der Waals surface area contributed by atoms with Gasteiger partial charge in [0.1, 0.15) is 0 Å². The molecule has 2 aromatic rings. The fourth-order valence-electron chi connectivity index (χ4n) is 3.22. The van der Waals surface area contributed by atoms with Crippen molar-refractivity contribution in [1.29, 1.82) is 0 Å². The normalized spacial score (nSPS) is 15.1. The first-order valence-corrected chi connectivity index (χ1v) is 9.08. The zero-order chi connectivity index (χ0) is 22.1. The van der Waals surface area contributed by atoms with Crippen LogP contribution in [0.1, 0.15) is 39.1 Å². The van der Waals surface area contributed by atoms with Gasteiger partial charge in [0.15, 0.2) is 17.2 Å². The number of hydrogen-bond donors (Lipinski definition) is 4. The molecule has 2 amide bonds. The van der Waals surface area contributed by atoms with Gasteiger partial charge in [0, 0.05) is 30.3 Å². The van der Waals surface area contributed by atoms with Gasteiger partial charge in [-0.05, 0) is 49.2 Å². The van der Waals surface area contributed by atoms with E-state index in [-0.39, 0.29) is 23.1 Å². The van der Waals surface area contributed by atoms with Crippen molar-refractivity contribution in [2.24, 2.45) is 0 Å². The van der Waals surface area contributed by atoms with Gasteiger partial charge in [-0.3, -0.25) is 9.59 Å². The molecule has 7 nitrogen and oxygen atoms in total. The van der Waals surface area contributed by atoms with Crippen molar-refractivity contribution in [3.8, 4) is 17.2 Å². The first-order valence-electron chi connectivity index (χ1n) is 9.08. The van der Waals surface area contributed by atoms with Crippen LogP contribution in [0, 0.1) is 0 Å².